The lowest BCUT2D eigenvalue weighted by molar-refractivity contribution is -0.109. The smallest absolute Gasteiger partial charge is 0.207 e. The Balaban J connectivity index is 2.18. The van der Waals surface area contributed by atoms with Gasteiger partial charge in [-0.25, -0.2) is 4.98 Å². The molecule has 1 aromatic heterocycles. The summed E-state index contributed by atoms with van der Waals surface area (Å²) in [5.41, 5.74) is 2.24. The molecule has 2 aromatic rings. The number of rotatable bonds is 6. The lowest BCUT2D eigenvalue weighted by atomic mass is 10.3. The first-order chi connectivity index (χ1) is 8.36. The number of fused-ring (bicyclic) bond motifs is 1. The summed E-state index contributed by atoms with van der Waals surface area (Å²) in [6.45, 7) is 3.76. The molecule has 0 spiro atoms. The number of aryl methyl sites for hydroxylation is 2. The van der Waals surface area contributed by atoms with Crippen LogP contribution in [0.15, 0.2) is 24.3 Å². The first-order valence-electron chi connectivity index (χ1n) is 5.98. The normalized spacial score (nSPS) is 10.6. The second kappa shape index (κ2) is 5.48. The minimum Gasteiger partial charge on any atom is -0.359 e. The molecule has 0 unspecified atom stereocenters. The van der Waals surface area contributed by atoms with Crippen molar-refractivity contribution in [3.63, 3.8) is 0 Å². The third-order valence-electron chi connectivity index (χ3n) is 2.85. The summed E-state index contributed by atoms with van der Waals surface area (Å²) < 4.78 is 2.23. The molecule has 0 aliphatic rings. The van der Waals surface area contributed by atoms with Crippen molar-refractivity contribution in [1.82, 2.24) is 14.9 Å². The number of nitrogens with one attached hydrogen (secondary N) is 1. The van der Waals surface area contributed by atoms with E-state index in [0.717, 1.165) is 37.1 Å². The van der Waals surface area contributed by atoms with Gasteiger partial charge in [0.25, 0.3) is 0 Å². The second-order valence-electron chi connectivity index (χ2n) is 3.94. The minimum atomic E-state index is 0.705. The van der Waals surface area contributed by atoms with Gasteiger partial charge in [-0.15, -0.1) is 0 Å². The van der Waals surface area contributed by atoms with Gasteiger partial charge < -0.3 is 9.88 Å². The SMILES string of the molecule is CCn1c(CCCNC=O)nc2ccccc21. The molecule has 0 aliphatic carbocycles. The van der Waals surface area contributed by atoms with Crippen molar-refractivity contribution < 1.29 is 4.79 Å². The molecule has 1 amide bonds. The van der Waals surface area contributed by atoms with Crippen molar-refractivity contribution in [2.75, 3.05) is 6.54 Å². The number of hydrogen-bond donors (Lipinski definition) is 1. The number of nitrogens with zero attached hydrogens (tertiary/aromatic N) is 2. The van der Waals surface area contributed by atoms with Gasteiger partial charge in [-0.2, -0.15) is 0 Å². The van der Waals surface area contributed by atoms with Crippen LogP contribution < -0.4 is 5.32 Å². The van der Waals surface area contributed by atoms with Crippen LogP contribution in [0.3, 0.4) is 0 Å². The Morgan fingerprint density at radius 3 is 3.00 bits per heavy atom. The van der Waals surface area contributed by atoms with E-state index in [9.17, 15) is 4.79 Å². The van der Waals surface area contributed by atoms with Crippen LogP contribution in [0.1, 0.15) is 19.2 Å². The number of para-hydroxylation sites is 2. The first-order valence-corrected chi connectivity index (χ1v) is 5.98. The van der Waals surface area contributed by atoms with Gasteiger partial charge in [-0.1, -0.05) is 12.1 Å². The van der Waals surface area contributed by atoms with Crippen molar-refractivity contribution in [2.45, 2.75) is 26.3 Å². The quantitative estimate of drug-likeness (QED) is 0.608. The number of carbonyl (C=O) groups is 1. The van der Waals surface area contributed by atoms with Crippen molar-refractivity contribution >= 4 is 17.4 Å². The molecular formula is C13H17N3O. The summed E-state index contributed by atoms with van der Waals surface area (Å²) in [6, 6.07) is 8.18. The molecule has 0 aliphatic heterocycles. The average Bonchev–Trinajstić information content (AvgIpc) is 2.72. The van der Waals surface area contributed by atoms with Gasteiger partial charge in [0, 0.05) is 19.5 Å². The fraction of sp³-hybridized carbons (Fsp3) is 0.385. The van der Waals surface area contributed by atoms with E-state index in [1.807, 2.05) is 18.2 Å². The summed E-state index contributed by atoms with van der Waals surface area (Å²) in [5, 5.41) is 2.67. The summed E-state index contributed by atoms with van der Waals surface area (Å²) in [6.07, 6.45) is 2.55. The molecule has 4 heteroatoms. The predicted octanol–water partition coefficient (Wildman–Crippen LogP) is 1.73. The Hall–Kier alpha value is -1.84. The molecule has 1 heterocycles. The van der Waals surface area contributed by atoms with Crippen molar-refractivity contribution in [3.05, 3.63) is 30.1 Å². The maximum absolute atomic E-state index is 10.1. The van der Waals surface area contributed by atoms with E-state index in [2.05, 4.69) is 27.9 Å². The van der Waals surface area contributed by atoms with Crippen molar-refractivity contribution in [2.24, 2.45) is 0 Å². The van der Waals surface area contributed by atoms with Crippen LogP contribution in [0.4, 0.5) is 0 Å². The summed E-state index contributed by atoms with van der Waals surface area (Å²) >= 11 is 0. The number of benzene rings is 1. The maximum Gasteiger partial charge on any atom is 0.207 e. The summed E-state index contributed by atoms with van der Waals surface area (Å²) in [4.78, 5) is 14.8. The Bertz CT molecular complexity index is 504. The molecule has 90 valence electrons. The lowest BCUT2D eigenvalue weighted by Gasteiger charge is -2.05. The number of hydrogen-bond acceptors (Lipinski definition) is 2. The standard InChI is InChI=1S/C13H17N3O/c1-2-16-12-7-4-3-6-11(12)15-13(16)8-5-9-14-10-17/h3-4,6-7,10H,2,5,8-9H2,1H3,(H,14,17). The van der Waals surface area contributed by atoms with Gasteiger partial charge in [0.2, 0.25) is 6.41 Å². The van der Waals surface area contributed by atoms with E-state index >= 15 is 0 Å². The Kier molecular flexibility index (Phi) is 3.75. The van der Waals surface area contributed by atoms with E-state index in [4.69, 9.17) is 0 Å². The van der Waals surface area contributed by atoms with Crippen LogP contribution in [-0.2, 0) is 17.8 Å². The third kappa shape index (κ3) is 2.46. The average molecular weight is 231 g/mol. The molecule has 1 aromatic carbocycles. The van der Waals surface area contributed by atoms with Gasteiger partial charge in [0.05, 0.1) is 11.0 Å². The zero-order valence-corrected chi connectivity index (χ0v) is 10.0. The summed E-state index contributed by atoms with van der Waals surface area (Å²) in [7, 11) is 0. The molecular weight excluding hydrogens is 214 g/mol. The monoisotopic (exact) mass is 231 g/mol. The lowest BCUT2D eigenvalue weighted by Crippen LogP contribution is -2.13. The van der Waals surface area contributed by atoms with E-state index in [-0.39, 0.29) is 0 Å². The van der Waals surface area contributed by atoms with Gasteiger partial charge in [0.15, 0.2) is 0 Å². The molecule has 17 heavy (non-hydrogen) atoms. The zero-order valence-electron chi connectivity index (χ0n) is 10.0. The minimum absolute atomic E-state index is 0.705. The van der Waals surface area contributed by atoms with Crippen molar-refractivity contribution in [3.8, 4) is 0 Å². The Morgan fingerprint density at radius 1 is 1.41 bits per heavy atom. The number of amides is 1. The number of imidazole rings is 1. The van der Waals surface area contributed by atoms with E-state index < -0.39 is 0 Å². The van der Waals surface area contributed by atoms with E-state index in [0.29, 0.717) is 6.54 Å². The highest BCUT2D eigenvalue weighted by molar-refractivity contribution is 5.75. The predicted molar refractivity (Wildman–Crippen MR) is 67.8 cm³/mol. The molecule has 0 saturated carbocycles. The topological polar surface area (TPSA) is 46.9 Å². The molecule has 0 saturated heterocycles. The van der Waals surface area contributed by atoms with E-state index in [1.165, 1.54) is 5.52 Å². The molecule has 0 bridgehead atoms. The maximum atomic E-state index is 10.1. The Morgan fingerprint density at radius 2 is 2.24 bits per heavy atom. The van der Waals surface area contributed by atoms with Gasteiger partial charge in [-0.3, -0.25) is 4.79 Å². The van der Waals surface area contributed by atoms with Gasteiger partial charge in [0.1, 0.15) is 5.82 Å². The fourth-order valence-electron chi connectivity index (χ4n) is 2.08. The van der Waals surface area contributed by atoms with Crippen LogP contribution >= 0.6 is 0 Å². The largest absolute Gasteiger partial charge is 0.359 e. The molecule has 0 fully saturated rings. The van der Waals surface area contributed by atoms with E-state index in [1.54, 1.807) is 0 Å². The molecule has 0 radical (unpaired) electrons. The van der Waals surface area contributed by atoms with Gasteiger partial charge in [-0.05, 0) is 25.5 Å². The van der Waals surface area contributed by atoms with Crippen LogP contribution in [0.5, 0.6) is 0 Å². The second-order valence-corrected chi connectivity index (χ2v) is 3.94. The van der Waals surface area contributed by atoms with Gasteiger partial charge >= 0.3 is 0 Å². The van der Waals surface area contributed by atoms with Crippen LogP contribution in [-0.4, -0.2) is 22.5 Å². The highest BCUT2D eigenvalue weighted by atomic mass is 16.1. The van der Waals surface area contributed by atoms with Crippen LogP contribution in [0.2, 0.25) is 0 Å². The van der Waals surface area contributed by atoms with Crippen molar-refractivity contribution in [1.29, 1.82) is 0 Å². The summed E-state index contributed by atoms with van der Waals surface area (Å²) in [5.74, 6) is 1.10. The fourth-order valence-corrected chi connectivity index (χ4v) is 2.08. The van der Waals surface area contributed by atoms with Crippen LogP contribution in [0, 0.1) is 0 Å². The number of carbonyl (C=O) groups excluding carboxylic acids is 1. The molecule has 0 atom stereocenters. The molecule has 2 rings (SSSR count). The Labute approximate surface area is 101 Å². The first kappa shape index (κ1) is 11.6. The highest BCUT2D eigenvalue weighted by Gasteiger charge is 2.07. The molecule has 4 nitrogen and oxygen atoms in total. The third-order valence-corrected chi connectivity index (χ3v) is 2.85. The number of aromatic nitrogens is 2. The van der Waals surface area contributed by atoms with Crippen LogP contribution in [0.25, 0.3) is 11.0 Å². The zero-order chi connectivity index (χ0) is 12.1. The highest BCUT2D eigenvalue weighted by Crippen LogP contribution is 2.16. The molecule has 1 N–H and O–H groups in total.